The number of hydrogen-bond donors (Lipinski definition) is 2. The highest BCUT2D eigenvalue weighted by atomic mass is 16.5. The molecule has 0 aliphatic rings. The largest absolute Gasteiger partial charge is 0.497 e. The molecule has 21 heavy (non-hydrogen) atoms. The van der Waals surface area contributed by atoms with Gasteiger partial charge in [-0.1, -0.05) is 24.1 Å². The lowest BCUT2D eigenvalue weighted by atomic mass is 10.1. The van der Waals surface area contributed by atoms with E-state index >= 15 is 0 Å². The van der Waals surface area contributed by atoms with E-state index in [1.54, 1.807) is 7.11 Å². The molecule has 1 amide bonds. The SMILES string of the molecule is C#CCNCC(=O)NCc1ccc2cc(OC)ccc2c1. The van der Waals surface area contributed by atoms with E-state index in [9.17, 15) is 4.79 Å². The molecule has 2 aromatic rings. The number of carbonyl (C=O) groups excluding carboxylic acids is 1. The molecular formula is C17H18N2O2. The minimum absolute atomic E-state index is 0.0694. The van der Waals surface area contributed by atoms with E-state index in [0.717, 1.165) is 22.1 Å². The second kappa shape index (κ2) is 7.32. The van der Waals surface area contributed by atoms with Gasteiger partial charge in [0.05, 0.1) is 20.2 Å². The molecule has 0 unspecified atom stereocenters. The predicted octanol–water partition coefficient (Wildman–Crippen LogP) is 1.69. The van der Waals surface area contributed by atoms with Crippen molar-refractivity contribution < 1.29 is 9.53 Å². The number of benzene rings is 2. The lowest BCUT2D eigenvalue weighted by Crippen LogP contribution is -2.33. The fourth-order valence-electron chi connectivity index (χ4n) is 2.02. The van der Waals surface area contributed by atoms with Crippen molar-refractivity contribution in [3.05, 3.63) is 42.0 Å². The number of rotatable bonds is 6. The lowest BCUT2D eigenvalue weighted by molar-refractivity contribution is -0.120. The van der Waals surface area contributed by atoms with E-state index < -0.39 is 0 Å². The van der Waals surface area contributed by atoms with Crippen LogP contribution in [0, 0.1) is 12.3 Å². The maximum absolute atomic E-state index is 11.6. The second-order valence-electron chi connectivity index (χ2n) is 4.63. The Balaban J connectivity index is 1.97. The van der Waals surface area contributed by atoms with E-state index in [4.69, 9.17) is 11.2 Å². The van der Waals surface area contributed by atoms with Crippen molar-refractivity contribution in [1.82, 2.24) is 10.6 Å². The molecule has 4 nitrogen and oxygen atoms in total. The number of methoxy groups -OCH3 is 1. The normalized spacial score (nSPS) is 10.1. The van der Waals surface area contributed by atoms with E-state index in [0.29, 0.717) is 13.1 Å². The number of hydrogen-bond acceptors (Lipinski definition) is 3. The molecule has 2 rings (SSSR count). The quantitative estimate of drug-likeness (QED) is 0.626. The lowest BCUT2D eigenvalue weighted by Gasteiger charge is -2.07. The van der Waals surface area contributed by atoms with Gasteiger partial charge in [0.15, 0.2) is 0 Å². The first kappa shape index (κ1) is 14.9. The number of carbonyl (C=O) groups is 1. The van der Waals surface area contributed by atoms with Gasteiger partial charge in [0.25, 0.3) is 0 Å². The number of amides is 1. The Bertz CT molecular complexity index is 674. The van der Waals surface area contributed by atoms with Crippen molar-refractivity contribution in [3.8, 4) is 18.1 Å². The Hall–Kier alpha value is -2.51. The highest BCUT2D eigenvalue weighted by Gasteiger charge is 2.02. The third-order valence-corrected chi connectivity index (χ3v) is 3.11. The Kier molecular flexibility index (Phi) is 5.19. The van der Waals surface area contributed by atoms with E-state index in [-0.39, 0.29) is 12.5 Å². The fraction of sp³-hybridized carbons (Fsp3) is 0.235. The van der Waals surface area contributed by atoms with E-state index in [2.05, 4.69) is 22.6 Å². The molecule has 0 spiro atoms. The number of ether oxygens (including phenoxy) is 1. The van der Waals surface area contributed by atoms with Crippen LogP contribution in [0.3, 0.4) is 0 Å². The van der Waals surface area contributed by atoms with Gasteiger partial charge in [-0.3, -0.25) is 10.1 Å². The predicted molar refractivity (Wildman–Crippen MR) is 84.0 cm³/mol. The highest BCUT2D eigenvalue weighted by molar-refractivity contribution is 5.84. The number of nitrogens with one attached hydrogen (secondary N) is 2. The smallest absolute Gasteiger partial charge is 0.234 e. The zero-order valence-electron chi connectivity index (χ0n) is 12.0. The molecule has 0 atom stereocenters. The Morgan fingerprint density at radius 1 is 1.24 bits per heavy atom. The Morgan fingerprint density at radius 3 is 2.76 bits per heavy atom. The summed E-state index contributed by atoms with van der Waals surface area (Å²) in [6.45, 7) is 1.12. The van der Waals surface area contributed by atoms with Crippen LogP contribution < -0.4 is 15.4 Å². The van der Waals surface area contributed by atoms with Crippen molar-refractivity contribution in [1.29, 1.82) is 0 Å². The molecule has 0 saturated heterocycles. The van der Waals surface area contributed by atoms with Crippen LogP contribution in [0.25, 0.3) is 10.8 Å². The molecule has 0 bridgehead atoms. The molecule has 0 saturated carbocycles. The Morgan fingerprint density at radius 2 is 2.00 bits per heavy atom. The van der Waals surface area contributed by atoms with Gasteiger partial charge in [0.2, 0.25) is 5.91 Å². The summed E-state index contributed by atoms with van der Waals surface area (Å²) in [4.78, 5) is 11.6. The minimum Gasteiger partial charge on any atom is -0.497 e. The summed E-state index contributed by atoms with van der Waals surface area (Å²) >= 11 is 0. The van der Waals surface area contributed by atoms with Crippen LogP contribution in [0.4, 0.5) is 0 Å². The zero-order valence-corrected chi connectivity index (χ0v) is 12.0. The van der Waals surface area contributed by atoms with Gasteiger partial charge in [-0.25, -0.2) is 0 Å². The van der Waals surface area contributed by atoms with Gasteiger partial charge >= 0.3 is 0 Å². The molecule has 0 aliphatic heterocycles. The van der Waals surface area contributed by atoms with Crippen LogP contribution in [0.5, 0.6) is 5.75 Å². The summed E-state index contributed by atoms with van der Waals surface area (Å²) in [7, 11) is 1.65. The average Bonchev–Trinajstić information content (AvgIpc) is 2.52. The van der Waals surface area contributed by atoms with Gasteiger partial charge in [0, 0.05) is 6.54 Å². The van der Waals surface area contributed by atoms with Crippen molar-refractivity contribution in [2.75, 3.05) is 20.2 Å². The topological polar surface area (TPSA) is 50.4 Å². The summed E-state index contributed by atoms with van der Waals surface area (Å²) in [5.41, 5.74) is 1.05. The molecule has 2 N–H and O–H groups in total. The maximum atomic E-state index is 11.6. The van der Waals surface area contributed by atoms with Crippen molar-refractivity contribution in [2.24, 2.45) is 0 Å². The first-order chi connectivity index (χ1) is 10.2. The molecule has 2 aromatic carbocycles. The van der Waals surface area contributed by atoms with Crippen LogP contribution in [-0.4, -0.2) is 26.1 Å². The highest BCUT2D eigenvalue weighted by Crippen LogP contribution is 2.21. The van der Waals surface area contributed by atoms with Gasteiger partial charge < -0.3 is 10.1 Å². The standard InChI is InChI=1S/C17H18N2O2/c1-3-8-18-12-17(20)19-11-13-4-5-15-10-16(21-2)7-6-14(15)9-13/h1,4-7,9-10,18H,8,11-12H2,2H3,(H,19,20). The fourth-order valence-corrected chi connectivity index (χ4v) is 2.02. The molecule has 108 valence electrons. The minimum atomic E-state index is -0.0694. The van der Waals surface area contributed by atoms with Crippen LogP contribution in [0.2, 0.25) is 0 Å². The van der Waals surface area contributed by atoms with Crippen LogP contribution in [-0.2, 0) is 11.3 Å². The summed E-state index contributed by atoms with van der Waals surface area (Å²) < 4.78 is 5.20. The maximum Gasteiger partial charge on any atom is 0.234 e. The number of terminal acetylenes is 1. The van der Waals surface area contributed by atoms with Gasteiger partial charge in [-0.2, -0.15) is 0 Å². The molecule has 0 aliphatic carbocycles. The summed E-state index contributed by atoms with van der Waals surface area (Å²) in [6.07, 6.45) is 5.10. The molecule has 0 heterocycles. The molecule has 4 heteroatoms. The third-order valence-electron chi connectivity index (χ3n) is 3.11. The Labute approximate surface area is 124 Å². The summed E-state index contributed by atoms with van der Waals surface area (Å²) in [5, 5.41) is 7.93. The van der Waals surface area contributed by atoms with E-state index in [1.165, 1.54) is 0 Å². The van der Waals surface area contributed by atoms with E-state index in [1.807, 2.05) is 30.3 Å². The van der Waals surface area contributed by atoms with Crippen LogP contribution in [0.15, 0.2) is 36.4 Å². The average molecular weight is 282 g/mol. The zero-order chi connectivity index (χ0) is 15.1. The van der Waals surface area contributed by atoms with Crippen LogP contribution >= 0.6 is 0 Å². The third kappa shape index (κ3) is 4.23. The first-order valence-corrected chi connectivity index (χ1v) is 6.70. The van der Waals surface area contributed by atoms with Crippen molar-refractivity contribution >= 4 is 16.7 Å². The monoisotopic (exact) mass is 282 g/mol. The van der Waals surface area contributed by atoms with Gasteiger partial charge in [-0.05, 0) is 34.5 Å². The number of fused-ring (bicyclic) bond motifs is 1. The molecular weight excluding hydrogens is 264 g/mol. The summed E-state index contributed by atoms with van der Waals surface area (Å²) in [5.74, 6) is 3.19. The van der Waals surface area contributed by atoms with Gasteiger partial charge in [-0.15, -0.1) is 6.42 Å². The summed E-state index contributed by atoms with van der Waals surface area (Å²) in [6, 6.07) is 12.0. The first-order valence-electron chi connectivity index (χ1n) is 6.70. The second-order valence-corrected chi connectivity index (χ2v) is 4.63. The van der Waals surface area contributed by atoms with Crippen LogP contribution in [0.1, 0.15) is 5.56 Å². The molecule has 0 fully saturated rings. The van der Waals surface area contributed by atoms with Crippen molar-refractivity contribution in [3.63, 3.8) is 0 Å². The molecule has 0 aromatic heterocycles. The molecule has 0 radical (unpaired) electrons. The van der Waals surface area contributed by atoms with Crippen molar-refractivity contribution in [2.45, 2.75) is 6.54 Å². The van der Waals surface area contributed by atoms with Gasteiger partial charge in [0.1, 0.15) is 5.75 Å².